The number of carbonyl (C=O) groups excluding carboxylic acids is 1. The lowest BCUT2D eigenvalue weighted by atomic mass is 9.90. The van der Waals surface area contributed by atoms with Gasteiger partial charge in [0.05, 0.1) is 22.5 Å². The van der Waals surface area contributed by atoms with E-state index in [0.717, 1.165) is 24.1 Å². The smallest absolute Gasteiger partial charge is 0.255 e. The monoisotopic (exact) mass is 468 g/mol. The zero-order chi connectivity index (χ0) is 23.6. The number of aromatic nitrogens is 3. The zero-order valence-electron chi connectivity index (χ0n) is 18.8. The molecule has 0 aliphatic heterocycles. The number of nitrogens with one attached hydrogen (secondary N) is 3. The number of anilines is 2. The minimum absolute atomic E-state index is 0.00938. The van der Waals surface area contributed by atoms with Crippen molar-refractivity contribution in [2.75, 3.05) is 25.5 Å². The van der Waals surface area contributed by atoms with E-state index >= 15 is 0 Å². The van der Waals surface area contributed by atoms with Crippen LogP contribution in [0.3, 0.4) is 0 Å². The number of likely N-dealkylation sites (N-methyl/N-ethyl adjacent to an activating group) is 1. The van der Waals surface area contributed by atoms with Crippen molar-refractivity contribution in [3.63, 3.8) is 0 Å². The number of pyridine rings is 1. The lowest BCUT2D eigenvalue weighted by Gasteiger charge is -2.16. The van der Waals surface area contributed by atoms with Crippen LogP contribution in [-0.4, -0.2) is 41.0 Å². The summed E-state index contributed by atoms with van der Waals surface area (Å²) in [6.45, 7) is 5.45. The Balaban J connectivity index is 1.75. The summed E-state index contributed by atoms with van der Waals surface area (Å²) in [7, 11) is 1.82. The van der Waals surface area contributed by atoms with E-state index in [1.165, 1.54) is 24.4 Å². The number of halogens is 2. The van der Waals surface area contributed by atoms with Crippen LogP contribution in [0.5, 0.6) is 0 Å². The van der Waals surface area contributed by atoms with Crippen molar-refractivity contribution < 1.29 is 9.18 Å². The Bertz CT molecular complexity index is 1200. The molecule has 7 nitrogen and oxygen atoms in total. The number of benzene rings is 1. The minimum atomic E-state index is -0.448. The molecular formula is C24H26ClFN6O. The molecule has 1 aromatic carbocycles. The summed E-state index contributed by atoms with van der Waals surface area (Å²) in [5, 5.41) is 9.56. The third kappa shape index (κ3) is 5.12. The summed E-state index contributed by atoms with van der Waals surface area (Å²) in [5.74, 6) is 0.113. The molecule has 0 saturated carbocycles. The second-order valence-electron chi connectivity index (χ2n) is 8.87. The predicted molar refractivity (Wildman–Crippen MR) is 127 cm³/mol. The highest BCUT2D eigenvalue weighted by atomic mass is 35.5. The van der Waals surface area contributed by atoms with Crippen molar-refractivity contribution in [1.82, 2.24) is 25.6 Å². The fourth-order valence-electron chi connectivity index (χ4n) is 3.96. The molecular weight excluding hydrogens is 443 g/mol. The van der Waals surface area contributed by atoms with Crippen LogP contribution in [-0.2, 0) is 12.8 Å². The highest BCUT2D eigenvalue weighted by molar-refractivity contribution is 6.30. The fourth-order valence-corrected chi connectivity index (χ4v) is 4.13. The van der Waals surface area contributed by atoms with Crippen LogP contribution in [0, 0.1) is 11.2 Å². The molecule has 1 aliphatic carbocycles. The van der Waals surface area contributed by atoms with Crippen molar-refractivity contribution >= 4 is 29.0 Å². The van der Waals surface area contributed by atoms with Gasteiger partial charge in [0, 0.05) is 36.1 Å². The summed E-state index contributed by atoms with van der Waals surface area (Å²) in [4.78, 5) is 26.2. The number of nitrogens with zero attached hydrogens (tertiary/aromatic N) is 3. The summed E-state index contributed by atoms with van der Waals surface area (Å²) in [6.07, 6.45) is 4.62. The molecule has 1 aliphatic rings. The fraction of sp³-hybridized carbons (Fsp3) is 0.333. The maximum atomic E-state index is 14.6. The van der Waals surface area contributed by atoms with E-state index < -0.39 is 5.82 Å². The molecule has 2 heterocycles. The van der Waals surface area contributed by atoms with Gasteiger partial charge in [0.25, 0.3) is 5.91 Å². The number of carbonyl (C=O) groups is 1. The third-order valence-corrected chi connectivity index (χ3v) is 5.78. The van der Waals surface area contributed by atoms with Gasteiger partial charge in [0.1, 0.15) is 11.6 Å². The van der Waals surface area contributed by atoms with Crippen LogP contribution in [0.1, 0.15) is 35.5 Å². The van der Waals surface area contributed by atoms with Gasteiger partial charge in [0.15, 0.2) is 5.82 Å². The van der Waals surface area contributed by atoms with Crippen LogP contribution in [0.25, 0.3) is 11.4 Å². The van der Waals surface area contributed by atoms with E-state index in [9.17, 15) is 9.18 Å². The van der Waals surface area contributed by atoms with E-state index in [0.29, 0.717) is 35.2 Å². The molecule has 9 heteroatoms. The maximum absolute atomic E-state index is 14.6. The standard InChI is InChI=1S/C24H26ClFN6O/c1-24(2)11-16-20(12-24)31-21(15-10-14(25)4-5-18(15)26)32-22(16)30-19-6-7-28-13-17(19)23(33)29-9-8-27-3/h4-7,10,13,27H,8-9,11-12H2,1-3H3,(H,29,33)(H,28,30,31,32). The van der Waals surface area contributed by atoms with E-state index in [2.05, 4.69) is 44.7 Å². The molecule has 1 amide bonds. The molecule has 0 spiro atoms. The lowest BCUT2D eigenvalue weighted by molar-refractivity contribution is 0.0954. The highest BCUT2D eigenvalue weighted by Gasteiger charge is 2.33. The maximum Gasteiger partial charge on any atom is 0.255 e. The Morgan fingerprint density at radius 1 is 1.18 bits per heavy atom. The van der Waals surface area contributed by atoms with Gasteiger partial charge in [-0.3, -0.25) is 9.78 Å². The molecule has 0 saturated heterocycles. The highest BCUT2D eigenvalue weighted by Crippen LogP contribution is 2.40. The van der Waals surface area contributed by atoms with Crippen LogP contribution < -0.4 is 16.0 Å². The Kier molecular flexibility index (Phi) is 6.58. The molecule has 3 aromatic rings. The van der Waals surface area contributed by atoms with Gasteiger partial charge in [-0.15, -0.1) is 0 Å². The molecule has 0 atom stereocenters. The van der Waals surface area contributed by atoms with Gasteiger partial charge in [-0.2, -0.15) is 0 Å². The second kappa shape index (κ2) is 9.41. The molecule has 172 valence electrons. The minimum Gasteiger partial charge on any atom is -0.351 e. The molecule has 0 radical (unpaired) electrons. The Labute approximate surface area is 197 Å². The quantitative estimate of drug-likeness (QED) is 0.451. The van der Waals surface area contributed by atoms with Crippen molar-refractivity contribution in [2.45, 2.75) is 26.7 Å². The second-order valence-corrected chi connectivity index (χ2v) is 9.31. The number of rotatable bonds is 7. The van der Waals surface area contributed by atoms with Crippen LogP contribution in [0.15, 0.2) is 36.7 Å². The third-order valence-electron chi connectivity index (χ3n) is 5.54. The number of hydrogen-bond acceptors (Lipinski definition) is 6. The first kappa shape index (κ1) is 23.1. The summed E-state index contributed by atoms with van der Waals surface area (Å²) in [5.41, 5.74) is 3.01. The molecule has 2 aromatic heterocycles. The van der Waals surface area contributed by atoms with Gasteiger partial charge in [-0.05, 0) is 49.6 Å². The van der Waals surface area contributed by atoms with Gasteiger partial charge in [-0.25, -0.2) is 14.4 Å². The van der Waals surface area contributed by atoms with Crippen LogP contribution >= 0.6 is 11.6 Å². The molecule has 3 N–H and O–H groups in total. The zero-order valence-corrected chi connectivity index (χ0v) is 19.6. The van der Waals surface area contributed by atoms with Crippen LogP contribution in [0.2, 0.25) is 5.02 Å². The summed E-state index contributed by atoms with van der Waals surface area (Å²) in [6, 6.07) is 6.05. The lowest BCUT2D eigenvalue weighted by Crippen LogP contribution is -2.30. The average molecular weight is 469 g/mol. The van der Waals surface area contributed by atoms with Crippen molar-refractivity contribution in [1.29, 1.82) is 0 Å². The molecule has 0 fully saturated rings. The molecule has 33 heavy (non-hydrogen) atoms. The molecule has 4 rings (SSSR count). The van der Waals surface area contributed by atoms with Gasteiger partial charge >= 0.3 is 0 Å². The summed E-state index contributed by atoms with van der Waals surface area (Å²) < 4.78 is 14.6. The number of hydrogen-bond donors (Lipinski definition) is 3. The predicted octanol–water partition coefficient (Wildman–Crippen LogP) is 4.15. The van der Waals surface area contributed by atoms with Crippen molar-refractivity contribution in [2.24, 2.45) is 5.41 Å². The first-order valence-corrected chi connectivity index (χ1v) is 11.1. The normalized spacial score (nSPS) is 14.1. The van der Waals surface area contributed by atoms with Gasteiger partial charge in [-0.1, -0.05) is 25.4 Å². The van der Waals surface area contributed by atoms with E-state index in [1.54, 1.807) is 12.3 Å². The van der Waals surface area contributed by atoms with Crippen LogP contribution in [0.4, 0.5) is 15.9 Å². The van der Waals surface area contributed by atoms with E-state index in [4.69, 9.17) is 11.6 Å². The Morgan fingerprint density at radius 2 is 2.00 bits per heavy atom. The number of fused-ring (bicyclic) bond motifs is 1. The summed E-state index contributed by atoms with van der Waals surface area (Å²) >= 11 is 6.11. The number of amides is 1. The first-order chi connectivity index (χ1) is 15.8. The Morgan fingerprint density at radius 3 is 2.79 bits per heavy atom. The van der Waals surface area contributed by atoms with Crippen molar-refractivity contribution in [3.8, 4) is 11.4 Å². The SMILES string of the molecule is CNCCNC(=O)c1cnccc1Nc1nc(-c2cc(Cl)ccc2F)nc2c1CC(C)(C)C2. The average Bonchev–Trinajstić information content (AvgIpc) is 3.10. The van der Waals surface area contributed by atoms with Gasteiger partial charge < -0.3 is 16.0 Å². The Hall–Kier alpha value is -3.10. The van der Waals surface area contributed by atoms with E-state index in [-0.39, 0.29) is 22.7 Å². The molecule has 0 bridgehead atoms. The topological polar surface area (TPSA) is 91.8 Å². The van der Waals surface area contributed by atoms with E-state index in [1.807, 2.05) is 7.05 Å². The molecule has 0 unspecified atom stereocenters. The largest absolute Gasteiger partial charge is 0.351 e. The van der Waals surface area contributed by atoms with Crippen molar-refractivity contribution in [3.05, 3.63) is 64.3 Å². The van der Waals surface area contributed by atoms with Gasteiger partial charge in [0.2, 0.25) is 0 Å². The first-order valence-electron chi connectivity index (χ1n) is 10.8.